The van der Waals surface area contributed by atoms with Gasteiger partial charge in [0.1, 0.15) is 6.04 Å². The highest BCUT2D eigenvalue weighted by atomic mass is 16.2. The Morgan fingerprint density at radius 1 is 1.29 bits per heavy atom. The summed E-state index contributed by atoms with van der Waals surface area (Å²) in [6, 6.07) is 7.55. The highest BCUT2D eigenvalue weighted by Gasteiger charge is 2.41. The number of carbonyl (C=O) groups is 2. The van der Waals surface area contributed by atoms with Gasteiger partial charge < -0.3 is 10.2 Å². The number of hydrogen-bond acceptors (Lipinski definition) is 2. The summed E-state index contributed by atoms with van der Waals surface area (Å²) in [5.41, 5.74) is 2.18. The van der Waals surface area contributed by atoms with Crippen LogP contribution in [0.1, 0.15) is 43.4 Å². The Kier molecular flexibility index (Phi) is 3.95. The van der Waals surface area contributed by atoms with Crippen molar-refractivity contribution in [1.82, 2.24) is 10.2 Å². The van der Waals surface area contributed by atoms with Gasteiger partial charge in [0.2, 0.25) is 11.8 Å². The summed E-state index contributed by atoms with van der Waals surface area (Å²) in [5.74, 6) is 0.260. The Bertz CT molecular complexity index is 551. The molecule has 1 heterocycles. The molecule has 3 rings (SSSR count). The van der Waals surface area contributed by atoms with Crippen molar-refractivity contribution >= 4 is 11.8 Å². The van der Waals surface area contributed by atoms with E-state index >= 15 is 0 Å². The van der Waals surface area contributed by atoms with Gasteiger partial charge in [0.05, 0.1) is 0 Å². The number of rotatable bonds is 4. The summed E-state index contributed by atoms with van der Waals surface area (Å²) < 4.78 is 0. The van der Waals surface area contributed by atoms with Crippen LogP contribution in [0, 0.1) is 5.92 Å². The maximum atomic E-state index is 12.6. The van der Waals surface area contributed by atoms with E-state index in [2.05, 4.69) is 11.4 Å². The molecule has 2 amide bonds. The molecule has 1 saturated carbocycles. The fraction of sp³-hybridized carbons (Fsp3) is 0.529. The first-order chi connectivity index (χ1) is 10.2. The number of nitrogens with zero attached hydrogens (tertiary/aromatic N) is 1. The standard InChI is InChI=1S/C17H22N2O2/c1-2-10-18-16(20)15-14-6-4-3-5-12(14)9-11-19(15)17(21)13-7-8-13/h3-6,13,15H,2,7-11H2,1H3,(H,18,20)/t15-/m1/s1. The lowest BCUT2D eigenvalue weighted by molar-refractivity contribution is -0.142. The predicted octanol–water partition coefficient (Wildman–Crippen LogP) is 2.05. The Balaban J connectivity index is 1.90. The van der Waals surface area contributed by atoms with Crippen LogP contribution >= 0.6 is 0 Å². The molecular formula is C17H22N2O2. The average molecular weight is 286 g/mol. The van der Waals surface area contributed by atoms with Crippen LogP contribution in [-0.4, -0.2) is 29.8 Å². The van der Waals surface area contributed by atoms with Crippen molar-refractivity contribution in [3.05, 3.63) is 35.4 Å². The second-order valence-electron chi connectivity index (χ2n) is 5.95. The monoisotopic (exact) mass is 286 g/mol. The summed E-state index contributed by atoms with van der Waals surface area (Å²) in [5, 5.41) is 2.95. The van der Waals surface area contributed by atoms with E-state index in [1.54, 1.807) is 4.90 Å². The molecule has 0 unspecified atom stereocenters. The zero-order valence-electron chi connectivity index (χ0n) is 12.5. The van der Waals surface area contributed by atoms with Crippen LogP contribution in [-0.2, 0) is 16.0 Å². The van der Waals surface area contributed by atoms with E-state index in [4.69, 9.17) is 0 Å². The van der Waals surface area contributed by atoms with E-state index < -0.39 is 6.04 Å². The van der Waals surface area contributed by atoms with Crippen LogP contribution in [0.4, 0.5) is 0 Å². The maximum Gasteiger partial charge on any atom is 0.247 e. The fourth-order valence-electron chi connectivity index (χ4n) is 3.00. The molecule has 1 atom stereocenters. The first-order valence-electron chi connectivity index (χ1n) is 7.88. The van der Waals surface area contributed by atoms with E-state index in [-0.39, 0.29) is 17.7 Å². The topological polar surface area (TPSA) is 49.4 Å². The Hall–Kier alpha value is -1.84. The molecule has 2 aliphatic rings. The van der Waals surface area contributed by atoms with Gasteiger partial charge in [-0.15, -0.1) is 0 Å². The quantitative estimate of drug-likeness (QED) is 0.921. The average Bonchev–Trinajstić information content (AvgIpc) is 3.35. The van der Waals surface area contributed by atoms with Crippen LogP contribution < -0.4 is 5.32 Å². The van der Waals surface area contributed by atoms with E-state index in [0.717, 1.165) is 31.2 Å². The van der Waals surface area contributed by atoms with Crippen molar-refractivity contribution < 1.29 is 9.59 Å². The molecule has 21 heavy (non-hydrogen) atoms. The zero-order chi connectivity index (χ0) is 14.8. The third-order valence-electron chi connectivity index (χ3n) is 4.29. The van der Waals surface area contributed by atoms with Crippen molar-refractivity contribution in [1.29, 1.82) is 0 Å². The van der Waals surface area contributed by atoms with E-state index in [0.29, 0.717) is 13.1 Å². The van der Waals surface area contributed by atoms with Crippen LogP contribution in [0.2, 0.25) is 0 Å². The second kappa shape index (κ2) is 5.88. The molecule has 112 valence electrons. The summed E-state index contributed by atoms with van der Waals surface area (Å²) in [4.78, 5) is 26.9. The van der Waals surface area contributed by atoms with Gasteiger partial charge in [-0.2, -0.15) is 0 Å². The Morgan fingerprint density at radius 2 is 2.05 bits per heavy atom. The van der Waals surface area contributed by atoms with Crippen LogP contribution in [0.3, 0.4) is 0 Å². The van der Waals surface area contributed by atoms with Gasteiger partial charge >= 0.3 is 0 Å². The zero-order valence-corrected chi connectivity index (χ0v) is 12.5. The number of hydrogen-bond donors (Lipinski definition) is 1. The van der Waals surface area contributed by atoms with E-state index in [1.807, 2.05) is 25.1 Å². The number of amides is 2. The van der Waals surface area contributed by atoms with Gasteiger partial charge in [0.15, 0.2) is 0 Å². The molecule has 4 nitrogen and oxygen atoms in total. The first-order valence-corrected chi connectivity index (χ1v) is 7.88. The van der Waals surface area contributed by atoms with Crippen LogP contribution in [0.15, 0.2) is 24.3 Å². The smallest absolute Gasteiger partial charge is 0.247 e. The summed E-state index contributed by atoms with van der Waals surface area (Å²) in [6.45, 7) is 3.34. The minimum Gasteiger partial charge on any atom is -0.354 e. The van der Waals surface area contributed by atoms with Crippen LogP contribution in [0.25, 0.3) is 0 Å². The lowest BCUT2D eigenvalue weighted by Gasteiger charge is -2.36. The third-order valence-corrected chi connectivity index (χ3v) is 4.29. The predicted molar refractivity (Wildman–Crippen MR) is 80.6 cm³/mol. The molecule has 4 heteroatoms. The number of nitrogens with one attached hydrogen (secondary N) is 1. The van der Waals surface area contributed by atoms with Gasteiger partial charge in [0, 0.05) is 19.0 Å². The van der Waals surface area contributed by atoms with Crippen LogP contribution in [0.5, 0.6) is 0 Å². The highest BCUT2D eigenvalue weighted by molar-refractivity contribution is 5.91. The first kappa shape index (κ1) is 14.1. The minimum absolute atomic E-state index is 0.0435. The van der Waals surface area contributed by atoms with Crippen molar-refractivity contribution in [3.8, 4) is 0 Å². The molecule has 1 fully saturated rings. The molecule has 1 aliphatic heterocycles. The molecular weight excluding hydrogens is 264 g/mol. The molecule has 0 bridgehead atoms. The molecule has 0 aromatic heterocycles. The largest absolute Gasteiger partial charge is 0.354 e. The lowest BCUT2D eigenvalue weighted by atomic mass is 9.91. The Labute approximate surface area is 125 Å². The van der Waals surface area contributed by atoms with Crippen molar-refractivity contribution in [2.24, 2.45) is 5.92 Å². The molecule has 0 saturated heterocycles. The molecule has 1 aromatic carbocycles. The van der Waals surface area contributed by atoms with Gasteiger partial charge in [-0.3, -0.25) is 9.59 Å². The summed E-state index contributed by atoms with van der Waals surface area (Å²) in [7, 11) is 0. The number of carbonyl (C=O) groups excluding carboxylic acids is 2. The van der Waals surface area contributed by atoms with Gasteiger partial charge in [-0.1, -0.05) is 31.2 Å². The third kappa shape index (κ3) is 2.80. The number of benzene rings is 1. The maximum absolute atomic E-state index is 12.6. The molecule has 0 spiro atoms. The summed E-state index contributed by atoms with van der Waals surface area (Å²) in [6.07, 6.45) is 3.68. The number of fused-ring (bicyclic) bond motifs is 1. The Morgan fingerprint density at radius 3 is 2.76 bits per heavy atom. The van der Waals surface area contributed by atoms with Gasteiger partial charge in [-0.05, 0) is 36.8 Å². The fourth-order valence-corrected chi connectivity index (χ4v) is 3.00. The lowest BCUT2D eigenvalue weighted by Crippen LogP contribution is -2.47. The second-order valence-corrected chi connectivity index (χ2v) is 5.95. The van der Waals surface area contributed by atoms with E-state index in [1.165, 1.54) is 5.56 Å². The van der Waals surface area contributed by atoms with Gasteiger partial charge in [-0.25, -0.2) is 0 Å². The van der Waals surface area contributed by atoms with Gasteiger partial charge in [0.25, 0.3) is 0 Å². The van der Waals surface area contributed by atoms with Crippen molar-refractivity contribution in [2.75, 3.05) is 13.1 Å². The minimum atomic E-state index is -0.449. The molecule has 1 aromatic rings. The van der Waals surface area contributed by atoms with Crippen molar-refractivity contribution in [2.45, 2.75) is 38.6 Å². The SMILES string of the molecule is CCCNC(=O)[C@H]1c2ccccc2CCN1C(=O)C1CC1. The normalized spacial score (nSPS) is 20.8. The summed E-state index contributed by atoms with van der Waals surface area (Å²) >= 11 is 0. The van der Waals surface area contributed by atoms with Crippen molar-refractivity contribution in [3.63, 3.8) is 0 Å². The molecule has 1 N–H and O–H groups in total. The molecule has 0 radical (unpaired) electrons. The van der Waals surface area contributed by atoms with E-state index in [9.17, 15) is 9.59 Å². The highest BCUT2D eigenvalue weighted by Crippen LogP contribution is 2.37. The molecule has 1 aliphatic carbocycles.